The molecule has 152 valence electrons. The van der Waals surface area contributed by atoms with Crippen LogP contribution in [0, 0.1) is 11.3 Å². The van der Waals surface area contributed by atoms with Crippen molar-refractivity contribution in [3.05, 3.63) is 84.4 Å². The number of nitriles is 1. The molecule has 0 aliphatic carbocycles. The number of hydrogen-bond donors (Lipinski definition) is 0. The summed E-state index contributed by atoms with van der Waals surface area (Å²) in [5.41, 5.74) is 1.39. The number of fused-ring (bicyclic) bond motifs is 3. The van der Waals surface area contributed by atoms with Gasteiger partial charge in [-0.1, -0.05) is 50.4 Å². The standard InChI is InChI=1S/C24H23FN4O/c1-5-7-10-20(27-4)29-15-30-24-19(12-11-17-9-8-13-28-22(17)24)23(29)18(6-2)21(25)16(3)14-26/h6-13,23H,2-3,5,15H2,1,4H3/b10-7-,21-18-,27-20?. The predicted molar refractivity (Wildman–Crippen MR) is 118 cm³/mol. The minimum atomic E-state index is -0.702. The zero-order valence-electron chi connectivity index (χ0n) is 17.1. The maximum absolute atomic E-state index is 15.2. The topological polar surface area (TPSA) is 61.5 Å². The number of amidine groups is 1. The number of aliphatic imine (C=N–C) groups is 1. The molecule has 2 heterocycles. The van der Waals surface area contributed by atoms with E-state index in [-0.39, 0.29) is 17.9 Å². The lowest BCUT2D eigenvalue weighted by atomic mass is 9.92. The van der Waals surface area contributed by atoms with Crippen molar-refractivity contribution in [1.82, 2.24) is 9.88 Å². The van der Waals surface area contributed by atoms with Crippen molar-refractivity contribution >= 4 is 16.7 Å². The quantitative estimate of drug-likeness (QED) is 0.290. The van der Waals surface area contributed by atoms with Crippen molar-refractivity contribution in [2.75, 3.05) is 13.8 Å². The minimum absolute atomic E-state index is 0.137. The SMILES string of the molecule is C=C/C(=C(/F)C(=C)C#N)C1c2ccc3cccnc3c2OCN1C(/C=C\CC)=NC. The Labute approximate surface area is 175 Å². The molecular weight excluding hydrogens is 379 g/mol. The van der Waals surface area contributed by atoms with E-state index >= 15 is 4.39 Å². The Morgan fingerprint density at radius 1 is 1.47 bits per heavy atom. The number of benzene rings is 1. The Balaban J connectivity index is 2.29. The van der Waals surface area contributed by atoms with Crippen LogP contribution in [-0.4, -0.2) is 29.5 Å². The van der Waals surface area contributed by atoms with Crippen LogP contribution in [0.15, 0.2) is 83.8 Å². The molecule has 30 heavy (non-hydrogen) atoms. The molecule has 1 aromatic heterocycles. The Bertz CT molecular complexity index is 1120. The van der Waals surface area contributed by atoms with Gasteiger partial charge in [0.1, 0.15) is 23.2 Å². The van der Waals surface area contributed by atoms with Crippen LogP contribution < -0.4 is 4.74 Å². The monoisotopic (exact) mass is 402 g/mol. The van der Waals surface area contributed by atoms with E-state index in [2.05, 4.69) is 23.1 Å². The third kappa shape index (κ3) is 3.74. The minimum Gasteiger partial charge on any atom is -0.470 e. The van der Waals surface area contributed by atoms with Gasteiger partial charge in [-0.25, -0.2) is 4.39 Å². The van der Waals surface area contributed by atoms with Crippen molar-refractivity contribution in [3.8, 4) is 11.8 Å². The van der Waals surface area contributed by atoms with Crippen LogP contribution in [0.4, 0.5) is 4.39 Å². The number of ether oxygens (including phenoxy) is 1. The number of aromatic nitrogens is 1. The molecular formula is C24H23FN4O. The molecule has 3 rings (SSSR count). The lowest BCUT2D eigenvalue weighted by Gasteiger charge is -2.39. The summed E-state index contributed by atoms with van der Waals surface area (Å²) in [4.78, 5) is 10.7. The number of allylic oxidation sites excluding steroid dienone is 3. The number of halogens is 1. The van der Waals surface area contributed by atoms with E-state index in [1.165, 1.54) is 6.08 Å². The van der Waals surface area contributed by atoms with Gasteiger partial charge in [-0.15, -0.1) is 0 Å². The first-order valence-electron chi connectivity index (χ1n) is 9.59. The average Bonchev–Trinajstić information content (AvgIpc) is 2.79. The van der Waals surface area contributed by atoms with Gasteiger partial charge >= 0.3 is 0 Å². The molecule has 0 N–H and O–H groups in total. The van der Waals surface area contributed by atoms with Crippen LogP contribution >= 0.6 is 0 Å². The largest absolute Gasteiger partial charge is 0.470 e. The van der Waals surface area contributed by atoms with Gasteiger partial charge in [0.05, 0.1) is 11.6 Å². The van der Waals surface area contributed by atoms with Gasteiger partial charge in [0.2, 0.25) is 0 Å². The first-order valence-corrected chi connectivity index (χ1v) is 9.59. The van der Waals surface area contributed by atoms with Crippen molar-refractivity contribution in [1.29, 1.82) is 5.26 Å². The van der Waals surface area contributed by atoms with E-state index in [4.69, 9.17) is 4.74 Å². The molecule has 1 unspecified atom stereocenters. The number of hydrogen-bond acceptors (Lipinski definition) is 4. The lowest BCUT2D eigenvalue weighted by molar-refractivity contribution is 0.140. The van der Waals surface area contributed by atoms with Crippen LogP contribution in [0.3, 0.4) is 0 Å². The smallest absolute Gasteiger partial charge is 0.163 e. The van der Waals surface area contributed by atoms with Crippen LogP contribution in [-0.2, 0) is 0 Å². The highest BCUT2D eigenvalue weighted by molar-refractivity contribution is 5.94. The van der Waals surface area contributed by atoms with E-state index in [1.807, 2.05) is 48.2 Å². The fraction of sp³-hybridized carbons (Fsp3) is 0.208. The highest BCUT2D eigenvalue weighted by Crippen LogP contribution is 2.44. The molecule has 0 bridgehead atoms. The molecule has 1 aromatic carbocycles. The van der Waals surface area contributed by atoms with Crippen LogP contribution in [0.25, 0.3) is 10.9 Å². The molecule has 0 radical (unpaired) electrons. The highest BCUT2D eigenvalue weighted by atomic mass is 19.1. The lowest BCUT2D eigenvalue weighted by Crippen LogP contribution is -2.41. The molecule has 0 saturated carbocycles. The van der Waals surface area contributed by atoms with Gasteiger partial charge in [0, 0.05) is 29.8 Å². The summed E-state index contributed by atoms with van der Waals surface area (Å²) in [6.45, 7) is 9.49. The van der Waals surface area contributed by atoms with E-state index in [1.54, 1.807) is 19.3 Å². The molecule has 1 aliphatic rings. The predicted octanol–water partition coefficient (Wildman–Crippen LogP) is 5.41. The fourth-order valence-corrected chi connectivity index (χ4v) is 3.48. The molecule has 0 spiro atoms. The first-order chi connectivity index (χ1) is 14.6. The summed E-state index contributed by atoms with van der Waals surface area (Å²) < 4.78 is 21.3. The third-order valence-electron chi connectivity index (χ3n) is 4.91. The van der Waals surface area contributed by atoms with Crippen LogP contribution in [0.2, 0.25) is 0 Å². The molecule has 1 atom stereocenters. The van der Waals surface area contributed by atoms with Crippen molar-refractivity contribution in [2.24, 2.45) is 4.99 Å². The highest BCUT2D eigenvalue weighted by Gasteiger charge is 2.35. The summed E-state index contributed by atoms with van der Waals surface area (Å²) >= 11 is 0. The number of nitrogens with zero attached hydrogens (tertiary/aromatic N) is 4. The van der Waals surface area contributed by atoms with Crippen LogP contribution in [0.5, 0.6) is 5.75 Å². The van der Waals surface area contributed by atoms with E-state index in [0.29, 0.717) is 22.7 Å². The summed E-state index contributed by atoms with van der Waals surface area (Å²) in [5, 5.41) is 10.1. The summed E-state index contributed by atoms with van der Waals surface area (Å²) in [7, 11) is 1.67. The van der Waals surface area contributed by atoms with Gasteiger partial charge in [-0.3, -0.25) is 9.98 Å². The van der Waals surface area contributed by atoms with Crippen molar-refractivity contribution < 1.29 is 9.13 Å². The first kappa shape index (κ1) is 21.0. The van der Waals surface area contributed by atoms with Gasteiger partial charge in [-0.05, 0) is 18.6 Å². The van der Waals surface area contributed by atoms with Crippen molar-refractivity contribution in [2.45, 2.75) is 19.4 Å². The molecule has 2 aromatic rings. The summed E-state index contributed by atoms with van der Waals surface area (Å²) in [6.07, 6.45) is 7.78. The normalized spacial score (nSPS) is 17.2. The molecule has 6 heteroatoms. The second-order valence-corrected chi connectivity index (χ2v) is 6.66. The number of rotatable bonds is 5. The van der Waals surface area contributed by atoms with Gasteiger partial charge in [0.15, 0.2) is 12.5 Å². The van der Waals surface area contributed by atoms with Crippen molar-refractivity contribution in [3.63, 3.8) is 0 Å². The Hall–Kier alpha value is -3.72. The van der Waals surface area contributed by atoms with Gasteiger partial charge < -0.3 is 9.64 Å². The Morgan fingerprint density at radius 3 is 2.93 bits per heavy atom. The van der Waals surface area contributed by atoms with Crippen LogP contribution in [0.1, 0.15) is 24.9 Å². The molecule has 0 saturated heterocycles. The maximum Gasteiger partial charge on any atom is 0.163 e. The molecule has 5 nitrogen and oxygen atoms in total. The third-order valence-corrected chi connectivity index (χ3v) is 4.91. The molecule has 1 aliphatic heterocycles. The van der Waals surface area contributed by atoms with E-state index in [0.717, 1.165) is 11.8 Å². The fourth-order valence-electron chi connectivity index (χ4n) is 3.48. The van der Waals surface area contributed by atoms with Gasteiger partial charge in [-0.2, -0.15) is 5.26 Å². The Kier molecular flexibility index (Phi) is 6.43. The van der Waals surface area contributed by atoms with Gasteiger partial charge in [0.25, 0.3) is 0 Å². The second kappa shape index (κ2) is 9.19. The Morgan fingerprint density at radius 2 is 2.27 bits per heavy atom. The van der Waals surface area contributed by atoms with E-state index in [9.17, 15) is 5.26 Å². The zero-order valence-corrected chi connectivity index (χ0v) is 17.1. The summed E-state index contributed by atoms with van der Waals surface area (Å²) in [5.74, 6) is 0.508. The summed E-state index contributed by atoms with van der Waals surface area (Å²) in [6, 6.07) is 8.78. The second-order valence-electron chi connectivity index (χ2n) is 6.66. The van der Waals surface area contributed by atoms with E-state index < -0.39 is 11.9 Å². The average molecular weight is 402 g/mol. The zero-order chi connectivity index (χ0) is 21.7. The molecule has 0 fully saturated rings. The maximum atomic E-state index is 15.2. The number of pyridine rings is 1. The molecule has 0 amide bonds.